The molecule has 0 aliphatic rings. The summed E-state index contributed by atoms with van der Waals surface area (Å²) in [5, 5.41) is 2.96. The van der Waals surface area contributed by atoms with Gasteiger partial charge in [-0.05, 0) is 0 Å². The van der Waals surface area contributed by atoms with E-state index in [1.807, 2.05) is 0 Å². The first-order valence-corrected chi connectivity index (χ1v) is 3.88. The van der Waals surface area contributed by atoms with Crippen molar-refractivity contribution in [2.75, 3.05) is 19.7 Å². The lowest BCUT2D eigenvalue weighted by atomic mass is 10.6. The standard InChI is InChI=1S/C6H11BrN2O2/c1-5(7)4-9-2-3-11-6(8)10/h9H,1-4H2,(H2,8,10). The molecule has 0 radical (unpaired) electrons. The van der Waals surface area contributed by atoms with Crippen LogP contribution >= 0.6 is 15.9 Å². The molecule has 0 saturated carbocycles. The van der Waals surface area contributed by atoms with Gasteiger partial charge in [-0.1, -0.05) is 22.5 Å². The van der Waals surface area contributed by atoms with Gasteiger partial charge in [0.15, 0.2) is 0 Å². The van der Waals surface area contributed by atoms with E-state index in [0.29, 0.717) is 13.1 Å². The molecule has 0 rings (SSSR count). The second kappa shape index (κ2) is 6.18. The maximum Gasteiger partial charge on any atom is 0.404 e. The van der Waals surface area contributed by atoms with E-state index in [9.17, 15) is 4.79 Å². The number of hydrogen-bond donors (Lipinski definition) is 2. The van der Waals surface area contributed by atoms with E-state index < -0.39 is 6.09 Å². The van der Waals surface area contributed by atoms with Gasteiger partial charge in [-0.3, -0.25) is 0 Å². The molecule has 3 N–H and O–H groups in total. The molecule has 0 aromatic rings. The molecule has 0 heterocycles. The van der Waals surface area contributed by atoms with Gasteiger partial charge in [0.2, 0.25) is 0 Å². The number of carbonyl (C=O) groups excluding carboxylic acids is 1. The monoisotopic (exact) mass is 222 g/mol. The number of nitrogens with two attached hydrogens (primary N) is 1. The third kappa shape index (κ3) is 9.45. The molecule has 0 bridgehead atoms. The molecule has 0 fully saturated rings. The van der Waals surface area contributed by atoms with Crippen molar-refractivity contribution in [3.63, 3.8) is 0 Å². The maximum atomic E-state index is 10.0. The smallest absolute Gasteiger partial charge is 0.404 e. The fraction of sp³-hybridized carbons (Fsp3) is 0.500. The Morgan fingerprint density at radius 2 is 2.36 bits per heavy atom. The van der Waals surface area contributed by atoms with Crippen LogP contribution in [0.2, 0.25) is 0 Å². The maximum absolute atomic E-state index is 10.0. The van der Waals surface area contributed by atoms with Crippen molar-refractivity contribution >= 4 is 22.0 Å². The zero-order chi connectivity index (χ0) is 8.69. The second-order valence-corrected chi connectivity index (χ2v) is 2.98. The van der Waals surface area contributed by atoms with Gasteiger partial charge in [-0.2, -0.15) is 0 Å². The van der Waals surface area contributed by atoms with Crippen molar-refractivity contribution < 1.29 is 9.53 Å². The summed E-state index contributed by atoms with van der Waals surface area (Å²) in [6, 6.07) is 0. The Balaban J connectivity index is 3.03. The first-order valence-electron chi connectivity index (χ1n) is 3.09. The molecule has 4 nitrogen and oxygen atoms in total. The Morgan fingerprint density at radius 3 is 2.82 bits per heavy atom. The number of nitrogens with one attached hydrogen (secondary N) is 1. The van der Waals surface area contributed by atoms with E-state index in [0.717, 1.165) is 4.48 Å². The predicted molar refractivity (Wildman–Crippen MR) is 46.5 cm³/mol. The highest BCUT2D eigenvalue weighted by molar-refractivity contribution is 9.11. The van der Waals surface area contributed by atoms with Crippen LogP contribution in [0.3, 0.4) is 0 Å². The summed E-state index contributed by atoms with van der Waals surface area (Å²) in [7, 11) is 0. The molecule has 0 unspecified atom stereocenters. The van der Waals surface area contributed by atoms with Crippen LogP contribution in [0.15, 0.2) is 11.1 Å². The van der Waals surface area contributed by atoms with Crippen LogP contribution in [-0.4, -0.2) is 25.8 Å². The molecule has 0 aliphatic carbocycles. The summed E-state index contributed by atoms with van der Waals surface area (Å²) in [5.41, 5.74) is 4.72. The lowest BCUT2D eigenvalue weighted by Crippen LogP contribution is -2.24. The minimum Gasteiger partial charge on any atom is -0.448 e. The van der Waals surface area contributed by atoms with Crippen molar-refractivity contribution in [2.24, 2.45) is 5.73 Å². The molecule has 0 aromatic carbocycles. The number of carbonyl (C=O) groups is 1. The number of primary amides is 1. The molecular formula is C6H11BrN2O2. The van der Waals surface area contributed by atoms with Crippen molar-refractivity contribution in [2.45, 2.75) is 0 Å². The van der Waals surface area contributed by atoms with Gasteiger partial charge in [0.25, 0.3) is 0 Å². The number of rotatable bonds is 5. The number of hydrogen-bond acceptors (Lipinski definition) is 3. The quantitative estimate of drug-likeness (QED) is 0.670. The van der Waals surface area contributed by atoms with Crippen LogP contribution in [0.1, 0.15) is 0 Å². The van der Waals surface area contributed by atoms with Gasteiger partial charge in [-0.25, -0.2) is 4.79 Å². The van der Waals surface area contributed by atoms with Crippen molar-refractivity contribution in [1.82, 2.24) is 5.32 Å². The second-order valence-electron chi connectivity index (χ2n) is 1.86. The van der Waals surface area contributed by atoms with E-state index in [4.69, 9.17) is 5.73 Å². The molecule has 5 heteroatoms. The Labute approximate surface area is 73.9 Å². The summed E-state index contributed by atoms with van der Waals surface area (Å²) >= 11 is 3.17. The molecule has 11 heavy (non-hydrogen) atoms. The van der Waals surface area contributed by atoms with Crippen LogP contribution in [0.4, 0.5) is 4.79 Å². The number of halogens is 1. The van der Waals surface area contributed by atoms with Crippen molar-refractivity contribution in [1.29, 1.82) is 0 Å². The zero-order valence-electron chi connectivity index (χ0n) is 6.10. The van der Waals surface area contributed by atoms with E-state index >= 15 is 0 Å². The van der Waals surface area contributed by atoms with Crippen LogP contribution < -0.4 is 11.1 Å². The Morgan fingerprint density at radius 1 is 1.73 bits per heavy atom. The highest BCUT2D eigenvalue weighted by atomic mass is 79.9. The Hall–Kier alpha value is -0.550. The number of ether oxygens (including phenoxy) is 1. The molecule has 0 atom stereocenters. The van der Waals surface area contributed by atoms with Gasteiger partial charge in [-0.15, -0.1) is 0 Å². The third-order valence-electron chi connectivity index (χ3n) is 0.840. The normalized spacial score (nSPS) is 9.18. The average Bonchev–Trinajstić information content (AvgIpc) is 1.85. The first kappa shape index (κ1) is 10.4. The summed E-state index contributed by atoms with van der Waals surface area (Å²) in [5.74, 6) is 0. The highest BCUT2D eigenvalue weighted by Gasteiger charge is 1.92. The minimum absolute atomic E-state index is 0.287. The van der Waals surface area contributed by atoms with Gasteiger partial charge < -0.3 is 15.8 Å². The molecule has 1 amide bonds. The molecule has 0 aromatic heterocycles. The van der Waals surface area contributed by atoms with Gasteiger partial charge in [0.1, 0.15) is 6.61 Å². The van der Waals surface area contributed by atoms with Crippen LogP contribution in [-0.2, 0) is 4.74 Å². The SMILES string of the molecule is C=C(Br)CNCCOC(N)=O. The fourth-order valence-corrected chi connectivity index (χ4v) is 0.646. The van der Waals surface area contributed by atoms with E-state index in [2.05, 4.69) is 32.6 Å². The van der Waals surface area contributed by atoms with Gasteiger partial charge in [0, 0.05) is 17.6 Å². The average molecular weight is 223 g/mol. The molecule has 64 valence electrons. The van der Waals surface area contributed by atoms with Gasteiger partial charge in [0.05, 0.1) is 0 Å². The third-order valence-corrected chi connectivity index (χ3v) is 1.12. The number of amides is 1. The van der Waals surface area contributed by atoms with Crippen LogP contribution in [0.5, 0.6) is 0 Å². The largest absolute Gasteiger partial charge is 0.448 e. The Kier molecular flexibility index (Phi) is 5.87. The Bertz CT molecular complexity index is 134. The summed E-state index contributed by atoms with van der Waals surface area (Å²) in [6.45, 7) is 5.13. The van der Waals surface area contributed by atoms with Crippen LogP contribution in [0, 0.1) is 0 Å². The topological polar surface area (TPSA) is 64.3 Å². The molecule has 0 spiro atoms. The molecule has 0 aliphatic heterocycles. The van der Waals surface area contributed by atoms with Crippen molar-refractivity contribution in [3.8, 4) is 0 Å². The lowest BCUT2D eigenvalue weighted by molar-refractivity contribution is 0.157. The highest BCUT2D eigenvalue weighted by Crippen LogP contribution is 1.95. The predicted octanol–water partition coefficient (Wildman–Crippen LogP) is 0.580. The van der Waals surface area contributed by atoms with Crippen LogP contribution in [0.25, 0.3) is 0 Å². The molecule has 0 saturated heterocycles. The lowest BCUT2D eigenvalue weighted by Gasteiger charge is -2.02. The van der Waals surface area contributed by atoms with E-state index in [-0.39, 0.29) is 6.61 Å². The zero-order valence-corrected chi connectivity index (χ0v) is 7.69. The molecular weight excluding hydrogens is 212 g/mol. The summed E-state index contributed by atoms with van der Waals surface area (Å²) < 4.78 is 5.31. The fourth-order valence-electron chi connectivity index (χ4n) is 0.448. The summed E-state index contributed by atoms with van der Waals surface area (Å²) in [4.78, 5) is 10.0. The summed E-state index contributed by atoms with van der Waals surface area (Å²) in [6.07, 6.45) is -0.746. The van der Waals surface area contributed by atoms with Gasteiger partial charge >= 0.3 is 6.09 Å². The van der Waals surface area contributed by atoms with E-state index in [1.54, 1.807) is 0 Å². The first-order chi connectivity index (χ1) is 5.13. The van der Waals surface area contributed by atoms with E-state index in [1.165, 1.54) is 0 Å². The van der Waals surface area contributed by atoms with Crippen molar-refractivity contribution in [3.05, 3.63) is 11.1 Å². The minimum atomic E-state index is -0.746.